The lowest BCUT2D eigenvalue weighted by atomic mass is 10.1. The molecule has 0 atom stereocenters. The van der Waals surface area contributed by atoms with E-state index >= 15 is 0 Å². The van der Waals surface area contributed by atoms with E-state index in [1.807, 2.05) is 4.90 Å². The maximum Gasteiger partial charge on any atom is 0.344 e. The summed E-state index contributed by atoms with van der Waals surface area (Å²) in [4.78, 5) is 36.3. The van der Waals surface area contributed by atoms with Gasteiger partial charge in [-0.25, -0.2) is 4.79 Å². The quantitative estimate of drug-likeness (QED) is 0.162. The predicted molar refractivity (Wildman–Crippen MR) is 125 cm³/mol. The van der Waals surface area contributed by atoms with Gasteiger partial charge in [-0.3, -0.25) is 20.2 Å². The lowest BCUT2D eigenvalue weighted by molar-refractivity contribution is -0.395. The van der Waals surface area contributed by atoms with Crippen molar-refractivity contribution < 1.29 is 24.1 Å². The molecule has 168 valence electrons. The molecule has 3 rings (SSSR count). The fourth-order valence-electron chi connectivity index (χ4n) is 3.06. The Balaban J connectivity index is 1.90. The van der Waals surface area contributed by atoms with E-state index in [0.29, 0.717) is 45.8 Å². The van der Waals surface area contributed by atoms with E-state index in [4.69, 9.17) is 21.7 Å². The number of carbonyl (C=O) groups is 1. The van der Waals surface area contributed by atoms with Crippen LogP contribution >= 0.6 is 44.1 Å². The van der Waals surface area contributed by atoms with Crippen LogP contribution in [0.25, 0.3) is 0 Å². The maximum absolute atomic E-state index is 12.7. The molecule has 0 amide bonds. The van der Waals surface area contributed by atoms with Gasteiger partial charge >= 0.3 is 5.97 Å². The second kappa shape index (κ2) is 9.98. The third-order valence-corrected chi connectivity index (χ3v) is 6.39. The van der Waals surface area contributed by atoms with Crippen molar-refractivity contribution in [3.8, 4) is 5.75 Å². The molecule has 0 radical (unpaired) electrons. The van der Waals surface area contributed by atoms with Crippen LogP contribution in [0, 0.1) is 27.2 Å². The molecule has 0 aliphatic carbocycles. The Labute approximate surface area is 204 Å². The average molecular weight is 589 g/mol. The van der Waals surface area contributed by atoms with Crippen molar-refractivity contribution in [2.45, 2.75) is 6.92 Å². The van der Waals surface area contributed by atoms with Crippen LogP contribution in [0.5, 0.6) is 5.75 Å². The maximum atomic E-state index is 12.7. The van der Waals surface area contributed by atoms with Crippen LogP contribution in [0.4, 0.5) is 11.4 Å². The van der Waals surface area contributed by atoms with Gasteiger partial charge in [0.2, 0.25) is 0 Å². The molecule has 2 aromatic carbocycles. The molecule has 0 aromatic heterocycles. The van der Waals surface area contributed by atoms with Crippen molar-refractivity contribution in [1.29, 1.82) is 0 Å². The number of nitrogens with zero attached hydrogens (tertiary/aromatic N) is 3. The summed E-state index contributed by atoms with van der Waals surface area (Å²) in [5.41, 5.74) is -0.853. The van der Waals surface area contributed by atoms with E-state index in [1.165, 1.54) is 6.92 Å². The number of rotatable bonds is 5. The Hall–Kier alpha value is -2.48. The van der Waals surface area contributed by atoms with Crippen molar-refractivity contribution >= 4 is 66.4 Å². The number of hydrogen-bond donors (Lipinski definition) is 0. The molecule has 1 fully saturated rings. The predicted octanol–water partition coefficient (Wildman–Crippen LogP) is 4.56. The molecule has 0 spiro atoms. The largest absolute Gasteiger partial charge is 0.420 e. The SMILES string of the molecule is Cc1c([N+](=O)[O-])cc(C(=O)Oc2c(Br)cc(C(=S)N3CCOCC3)cc2Br)cc1[N+](=O)[O-]. The van der Waals surface area contributed by atoms with Crippen LogP contribution in [0.15, 0.2) is 33.2 Å². The minimum absolute atomic E-state index is 0.106. The highest BCUT2D eigenvalue weighted by atomic mass is 79.9. The second-order valence-electron chi connectivity index (χ2n) is 6.72. The summed E-state index contributed by atoms with van der Waals surface area (Å²) < 4.78 is 11.5. The molecule has 0 saturated carbocycles. The van der Waals surface area contributed by atoms with Crippen LogP contribution in [0.3, 0.4) is 0 Å². The Kier molecular flexibility index (Phi) is 7.54. The molecule has 10 nitrogen and oxygen atoms in total. The lowest BCUT2D eigenvalue weighted by Gasteiger charge is -2.29. The Bertz CT molecular complexity index is 1080. The fourth-order valence-corrected chi connectivity index (χ4v) is 4.71. The average Bonchev–Trinajstić information content (AvgIpc) is 2.75. The van der Waals surface area contributed by atoms with Crippen LogP contribution in [-0.4, -0.2) is 52.0 Å². The monoisotopic (exact) mass is 587 g/mol. The van der Waals surface area contributed by atoms with E-state index in [0.717, 1.165) is 12.1 Å². The number of carbonyl (C=O) groups excluding carboxylic acids is 1. The highest BCUT2D eigenvalue weighted by molar-refractivity contribution is 9.11. The molecule has 32 heavy (non-hydrogen) atoms. The van der Waals surface area contributed by atoms with E-state index in [2.05, 4.69) is 31.9 Å². The number of ether oxygens (including phenoxy) is 2. The number of nitro groups is 2. The summed E-state index contributed by atoms with van der Waals surface area (Å²) in [6.45, 7) is 3.72. The number of benzene rings is 2. The highest BCUT2D eigenvalue weighted by Crippen LogP contribution is 2.37. The van der Waals surface area contributed by atoms with Crippen molar-refractivity contribution in [3.05, 3.63) is 70.1 Å². The molecular weight excluding hydrogens is 574 g/mol. The summed E-state index contributed by atoms with van der Waals surface area (Å²) >= 11 is 12.3. The normalized spacial score (nSPS) is 13.5. The first-order valence-corrected chi connectivity index (χ1v) is 11.1. The molecule has 2 aromatic rings. The third-order valence-electron chi connectivity index (χ3n) is 4.72. The summed E-state index contributed by atoms with van der Waals surface area (Å²) in [6.07, 6.45) is 0. The topological polar surface area (TPSA) is 125 Å². The molecule has 13 heteroatoms. The lowest BCUT2D eigenvalue weighted by Crippen LogP contribution is -2.40. The molecule has 0 unspecified atom stereocenters. The van der Waals surface area contributed by atoms with Crippen LogP contribution in [0.2, 0.25) is 0 Å². The highest BCUT2D eigenvalue weighted by Gasteiger charge is 2.27. The number of halogens is 2. The van der Waals surface area contributed by atoms with E-state index in [9.17, 15) is 25.0 Å². The van der Waals surface area contributed by atoms with Crippen molar-refractivity contribution in [1.82, 2.24) is 4.90 Å². The first-order chi connectivity index (χ1) is 15.1. The zero-order valence-corrected chi connectivity index (χ0v) is 20.5. The van der Waals surface area contributed by atoms with Gasteiger partial charge in [-0.15, -0.1) is 0 Å². The smallest absolute Gasteiger partial charge is 0.344 e. The molecule has 1 saturated heterocycles. The van der Waals surface area contributed by atoms with Crippen molar-refractivity contribution in [3.63, 3.8) is 0 Å². The van der Waals surface area contributed by atoms with Gasteiger partial charge in [0.1, 0.15) is 10.6 Å². The van der Waals surface area contributed by atoms with E-state index < -0.39 is 27.2 Å². The van der Waals surface area contributed by atoms with E-state index in [1.54, 1.807) is 12.1 Å². The Morgan fingerprint density at radius 3 is 2.00 bits per heavy atom. The number of morpholine rings is 1. The third kappa shape index (κ3) is 5.11. The van der Waals surface area contributed by atoms with Gasteiger partial charge in [0.15, 0.2) is 5.75 Å². The molecule has 1 heterocycles. The molecule has 1 aliphatic heterocycles. The molecule has 0 N–H and O–H groups in total. The number of thiocarbonyl (C=S) groups is 1. The van der Waals surface area contributed by atoms with Crippen LogP contribution in [-0.2, 0) is 4.74 Å². The zero-order chi connectivity index (χ0) is 23.6. The molecule has 0 bridgehead atoms. The second-order valence-corrected chi connectivity index (χ2v) is 8.81. The van der Waals surface area contributed by atoms with Gasteiger partial charge in [0, 0.05) is 30.8 Å². The van der Waals surface area contributed by atoms with Gasteiger partial charge in [-0.1, -0.05) is 12.2 Å². The van der Waals surface area contributed by atoms with Gasteiger partial charge in [-0.2, -0.15) is 0 Å². The molecule has 1 aliphatic rings. The van der Waals surface area contributed by atoms with Crippen LogP contribution < -0.4 is 4.74 Å². The fraction of sp³-hybridized carbons (Fsp3) is 0.263. The Morgan fingerprint density at radius 2 is 1.53 bits per heavy atom. The minimum Gasteiger partial charge on any atom is -0.420 e. The first-order valence-electron chi connectivity index (χ1n) is 9.11. The van der Waals surface area contributed by atoms with Crippen LogP contribution in [0.1, 0.15) is 21.5 Å². The van der Waals surface area contributed by atoms with Gasteiger partial charge < -0.3 is 14.4 Å². The summed E-state index contributed by atoms with van der Waals surface area (Å²) in [5, 5.41) is 22.5. The summed E-state index contributed by atoms with van der Waals surface area (Å²) in [7, 11) is 0. The zero-order valence-electron chi connectivity index (χ0n) is 16.5. The molecular formula is C19H15Br2N3O7S. The van der Waals surface area contributed by atoms with Crippen molar-refractivity contribution in [2.24, 2.45) is 0 Å². The standard InChI is InChI=1S/C19H15Br2N3O7S/c1-10-15(23(26)27)8-12(9-16(10)24(28)29)19(25)31-17-13(20)6-11(7-14(17)21)18(32)22-2-4-30-5-3-22/h6-9H,2-5H2,1H3. The van der Waals surface area contributed by atoms with Gasteiger partial charge in [0.05, 0.1) is 37.6 Å². The number of hydrogen-bond acceptors (Lipinski definition) is 8. The van der Waals surface area contributed by atoms with Crippen molar-refractivity contribution in [2.75, 3.05) is 26.3 Å². The first kappa shape index (κ1) is 24.2. The summed E-state index contributed by atoms with van der Waals surface area (Å²) in [5.74, 6) is -0.879. The Morgan fingerprint density at radius 1 is 1.03 bits per heavy atom. The van der Waals surface area contributed by atoms with Gasteiger partial charge in [0.25, 0.3) is 11.4 Å². The van der Waals surface area contributed by atoms with Gasteiger partial charge in [-0.05, 0) is 50.9 Å². The van der Waals surface area contributed by atoms with E-state index in [-0.39, 0.29) is 16.9 Å². The minimum atomic E-state index is -0.985. The summed E-state index contributed by atoms with van der Waals surface area (Å²) in [6, 6.07) is 5.28. The number of esters is 1. The number of nitro benzene ring substituents is 2.